The third-order valence-corrected chi connectivity index (χ3v) is 6.43. The lowest BCUT2D eigenvalue weighted by atomic mass is 10.1. The molecule has 1 nitrogen and oxygen atoms in total. The summed E-state index contributed by atoms with van der Waals surface area (Å²) in [6.07, 6.45) is 1.07. The molecule has 0 aromatic heterocycles. The van der Waals surface area contributed by atoms with Gasteiger partial charge in [-0.1, -0.05) is 92.5 Å². The van der Waals surface area contributed by atoms with E-state index in [0.29, 0.717) is 0 Å². The van der Waals surface area contributed by atoms with Crippen LogP contribution in [0.4, 0.5) is 0 Å². The Balaban J connectivity index is 0.000000125. The van der Waals surface area contributed by atoms with Crippen molar-refractivity contribution in [3.05, 3.63) is 116 Å². The molecule has 0 saturated carbocycles. The van der Waals surface area contributed by atoms with Gasteiger partial charge in [-0.2, -0.15) is 0 Å². The first-order chi connectivity index (χ1) is 14.1. The Bertz CT molecular complexity index is 1270. The van der Waals surface area contributed by atoms with Crippen LogP contribution in [-0.4, -0.2) is 5.78 Å². The summed E-state index contributed by atoms with van der Waals surface area (Å²) in [6, 6.07) is 28.7. The monoisotopic (exact) mass is 502 g/mol. The van der Waals surface area contributed by atoms with Crippen LogP contribution in [0.25, 0.3) is 22.3 Å². The lowest BCUT2D eigenvalue weighted by Crippen LogP contribution is -1.94. The average Bonchev–Trinajstić information content (AvgIpc) is 3.24. The van der Waals surface area contributed by atoms with Gasteiger partial charge < -0.3 is 0 Å². The fraction of sp³-hybridized carbons (Fsp3) is 0.0385. The summed E-state index contributed by atoms with van der Waals surface area (Å²) in [5.74, 6) is 0.127. The molecular weight excluding hydrogens is 488 g/mol. The second-order valence-corrected chi connectivity index (χ2v) is 9.03. The van der Waals surface area contributed by atoms with Crippen molar-refractivity contribution in [3.63, 3.8) is 0 Å². The van der Waals surface area contributed by atoms with Crippen molar-refractivity contribution in [2.24, 2.45) is 0 Å². The fourth-order valence-electron chi connectivity index (χ4n) is 4.11. The topological polar surface area (TPSA) is 17.1 Å². The zero-order valence-electron chi connectivity index (χ0n) is 15.5. The standard InChI is InChI=1S/C13H7BrO.C13H9Br/c14-8-5-6-10-9-3-1-2-4-11(9)13(15)12(10)7-8;14-11-5-6-13-10(8-11)7-9-3-1-2-4-12(9)13/h1-7H;1-6,8H,7H2. The van der Waals surface area contributed by atoms with Crippen molar-refractivity contribution < 1.29 is 4.79 Å². The number of fused-ring (bicyclic) bond motifs is 6. The Morgan fingerprint density at radius 3 is 1.86 bits per heavy atom. The maximum atomic E-state index is 12.0. The van der Waals surface area contributed by atoms with Crippen molar-refractivity contribution in [1.29, 1.82) is 0 Å². The fourth-order valence-corrected chi connectivity index (χ4v) is 4.88. The summed E-state index contributed by atoms with van der Waals surface area (Å²) < 4.78 is 2.12. The van der Waals surface area contributed by atoms with Crippen LogP contribution in [0.15, 0.2) is 93.9 Å². The molecule has 0 spiro atoms. The molecule has 0 saturated heterocycles. The number of hydrogen-bond donors (Lipinski definition) is 0. The summed E-state index contributed by atoms with van der Waals surface area (Å²) >= 11 is 6.89. The normalized spacial score (nSPS) is 12.4. The number of hydrogen-bond acceptors (Lipinski definition) is 1. The van der Waals surface area contributed by atoms with Gasteiger partial charge in [-0.25, -0.2) is 0 Å². The Morgan fingerprint density at radius 2 is 1.07 bits per heavy atom. The first-order valence-corrected chi connectivity index (χ1v) is 11.0. The third-order valence-electron chi connectivity index (χ3n) is 5.44. The summed E-state index contributed by atoms with van der Waals surface area (Å²) in [6.45, 7) is 0. The predicted molar refractivity (Wildman–Crippen MR) is 125 cm³/mol. The van der Waals surface area contributed by atoms with Crippen LogP contribution in [0.2, 0.25) is 0 Å². The second-order valence-electron chi connectivity index (χ2n) is 7.20. The van der Waals surface area contributed by atoms with Crippen LogP contribution < -0.4 is 0 Å². The highest BCUT2D eigenvalue weighted by molar-refractivity contribution is 9.10. The molecule has 0 heterocycles. The van der Waals surface area contributed by atoms with E-state index < -0.39 is 0 Å². The van der Waals surface area contributed by atoms with Gasteiger partial charge in [0.1, 0.15) is 0 Å². The highest BCUT2D eigenvalue weighted by Crippen LogP contribution is 2.38. The van der Waals surface area contributed by atoms with Crippen molar-refractivity contribution in [1.82, 2.24) is 0 Å². The number of benzene rings is 4. The van der Waals surface area contributed by atoms with Crippen LogP contribution in [0.1, 0.15) is 27.0 Å². The molecule has 0 radical (unpaired) electrons. The van der Waals surface area contributed by atoms with Crippen LogP contribution in [0, 0.1) is 0 Å². The first-order valence-electron chi connectivity index (χ1n) is 9.42. The number of halogens is 2. The molecule has 0 N–H and O–H groups in total. The van der Waals surface area contributed by atoms with E-state index in [1.165, 1.54) is 26.7 Å². The van der Waals surface area contributed by atoms with Gasteiger partial charge >= 0.3 is 0 Å². The molecule has 0 unspecified atom stereocenters. The molecule has 4 aromatic carbocycles. The zero-order valence-corrected chi connectivity index (χ0v) is 18.6. The van der Waals surface area contributed by atoms with Gasteiger partial charge in [-0.05, 0) is 64.1 Å². The number of carbonyl (C=O) groups excluding carboxylic acids is 1. The van der Waals surface area contributed by atoms with E-state index in [0.717, 1.165) is 33.1 Å². The molecule has 2 aliphatic carbocycles. The molecule has 0 aliphatic heterocycles. The predicted octanol–water partition coefficient (Wildman–Crippen LogP) is 7.68. The van der Waals surface area contributed by atoms with E-state index in [-0.39, 0.29) is 5.78 Å². The minimum absolute atomic E-state index is 0.127. The lowest BCUT2D eigenvalue weighted by molar-refractivity contribution is 0.104. The maximum absolute atomic E-state index is 12.0. The van der Waals surface area contributed by atoms with E-state index in [1.54, 1.807) is 0 Å². The number of rotatable bonds is 0. The molecule has 0 amide bonds. The molecule has 0 atom stereocenters. The lowest BCUT2D eigenvalue weighted by Gasteiger charge is -1.99. The van der Waals surface area contributed by atoms with Crippen molar-refractivity contribution in [2.45, 2.75) is 6.42 Å². The molecule has 4 aromatic rings. The van der Waals surface area contributed by atoms with Gasteiger partial charge in [0.2, 0.25) is 0 Å². The van der Waals surface area contributed by atoms with E-state index in [4.69, 9.17) is 0 Å². The molecule has 0 fully saturated rings. The van der Waals surface area contributed by atoms with Crippen molar-refractivity contribution in [2.75, 3.05) is 0 Å². The SMILES string of the molecule is Brc1ccc2c(c1)Cc1ccccc1-2.O=C1c2ccccc2-c2ccc(Br)cc21. The van der Waals surface area contributed by atoms with Crippen LogP contribution in [-0.2, 0) is 6.42 Å². The highest BCUT2D eigenvalue weighted by atomic mass is 79.9. The van der Waals surface area contributed by atoms with E-state index in [1.807, 2.05) is 42.5 Å². The third kappa shape index (κ3) is 3.29. The Labute approximate surface area is 186 Å². The number of ketones is 1. The molecule has 0 bridgehead atoms. The second kappa shape index (κ2) is 7.40. The first kappa shape index (κ1) is 18.5. The van der Waals surface area contributed by atoms with Gasteiger partial charge in [0.05, 0.1) is 0 Å². The highest BCUT2D eigenvalue weighted by Gasteiger charge is 2.25. The number of carbonyl (C=O) groups is 1. The summed E-state index contributed by atoms with van der Waals surface area (Å²) in [5.41, 5.74) is 9.36. The molecule has 2 aliphatic rings. The zero-order chi connectivity index (χ0) is 20.0. The van der Waals surface area contributed by atoms with Gasteiger partial charge in [-0.3, -0.25) is 4.79 Å². The van der Waals surface area contributed by atoms with Crippen LogP contribution in [0.3, 0.4) is 0 Å². The molecule has 6 rings (SSSR count). The van der Waals surface area contributed by atoms with E-state index in [2.05, 4.69) is 74.3 Å². The summed E-state index contributed by atoms with van der Waals surface area (Å²) in [7, 11) is 0. The van der Waals surface area contributed by atoms with Crippen molar-refractivity contribution in [3.8, 4) is 22.3 Å². The summed E-state index contributed by atoms with van der Waals surface area (Å²) in [5, 5.41) is 0. The van der Waals surface area contributed by atoms with E-state index in [9.17, 15) is 4.79 Å². The van der Waals surface area contributed by atoms with Gasteiger partial charge in [-0.15, -0.1) is 0 Å². The van der Waals surface area contributed by atoms with Gasteiger partial charge in [0, 0.05) is 20.1 Å². The minimum atomic E-state index is 0.127. The van der Waals surface area contributed by atoms with Crippen LogP contribution in [0.5, 0.6) is 0 Å². The molecule has 3 heteroatoms. The van der Waals surface area contributed by atoms with Gasteiger partial charge in [0.15, 0.2) is 5.78 Å². The Morgan fingerprint density at radius 1 is 0.517 bits per heavy atom. The molecule has 29 heavy (non-hydrogen) atoms. The largest absolute Gasteiger partial charge is 0.289 e. The minimum Gasteiger partial charge on any atom is -0.289 e. The Kier molecular flexibility index (Phi) is 4.73. The quantitative estimate of drug-likeness (QED) is 0.208. The van der Waals surface area contributed by atoms with Crippen molar-refractivity contribution >= 4 is 37.6 Å². The Hall–Kier alpha value is -2.49. The van der Waals surface area contributed by atoms with E-state index >= 15 is 0 Å². The van der Waals surface area contributed by atoms with Gasteiger partial charge in [0.25, 0.3) is 0 Å². The maximum Gasteiger partial charge on any atom is 0.194 e. The van der Waals surface area contributed by atoms with Crippen LogP contribution >= 0.6 is 31.9 Å². The smallest absolute Gasteiger partial charge is 0.194 e. The molecular formula is C26H16Br2O. The summed E-state index contributed by atoms with van der Waals surface area (Å²) in [4.78, 5) is 12.0. The molecule has 140 valence electrons. The average molecular weight is 504 g/mol.